The quantitative estimate of drug-likeness (QED) is 0.623. The number of hydrogen-bond acceptors (Lipinski definition) is 3. The number of nitrogens with one attached hydrogen (secondary N) is 1. The smallest absolute Gasteiger partial charge is 0.122 e. The van der Waals surface area contributed by atoms with Gasteiger partial charge in [0.15, 0.2) is 0 Å². The Morgan fingerprint density at radius 3 is 2.67 bits per heavy atom. The zero-order chi connectivity index (χ0) is 13.1. The summed E-state index contributed by atoms with van der Waals surface area (Å²) < 4.78 is 6.26. The average molecular weight is 375 g/mol. The van der Waals surface area contributed by atoms with Crippen LogP contribution in [-0.4, -0.2) is 7.11 Å². The Hall–Kier alpha value is -1.14. The molecule has 0 aliphatic heterocycles. The molecule has 3 nitrogen and oxygen atoms in total. The minimum atomic E-state index is 0.637. The molecule has 2 aromatic rings. The summed E-state index contributed by atoms with van der Waals surface area (Å²) in [5.74, 6) is 0.708. The Balaban J connectivity index is 2.30. The first-order valence-electron chi connectivity index (χ1n) is 5.25. The molecule has 0 saturated heterocycles. The summed E-state index contributed by atoms with van der Waals surface area (Å²) in [6, 6.07) is 11.3. The predicted molar refractivity (Wildman–Crippen MR) is 84.9 cm³/mol. The zero-order valence-electron chi connectivity index (χ0n) is 9.71. The van der Waals surface area contributed by atoms with E-state index in [-0.39, 0.29) is 0 Å². The molecule has 2 aromatic carbocycles. The van der Waals surface area contributed by atoms with E-state index in [9.17, 15) is 0 Å². The summed E-state index contributed by atoms with van der Waals surface area (Å²) in [6.07, 6.45) is 0. The van der Waals surface area contributed by atoms with E-state index < -0.39 is 0 Å². The van der Waals surface area contributed by atoms with Crippen LogP contribution >= 0.6 is 34.2 Å². The van der Waals surface area contributed by atoms with Crippen molar-refractivity contribution in [2.45, 2.75) is 0 Å². The van der Waals surface area contributed by atoms with Crippen LogP contribution < -0.4 is 15.8 Å². The molecular formula is C13H12ClIN2O. The molecule has 0 heterocycles. The zero-order valence-corrected chi connectivity index (χ0v) is 12.6. The van der Waals surface area contributed by atoms with Crippen LogP contribution in [0.15, 0.2) is 36.4 Å². The molecule has 0 unspecified atom stereocenters. The van der Waals surface area contributed by atoms with Crippen LogP contribution in [0.1, 0.15) is 0 Å². The Labute approximate surface area is 124 Å². The largest absolute Gasteiger partial charge is 0.497 e. The van der Waals surface area contributed by atoms with Crippen LogP contribution in [0.2, 0.25) is 5.02 Å². The predicted octanol–water partition coefficient (Wildman–Crippen LogP) is 4.28. The fourth-order valence-electron chi connectivity index (χ4n) is 1.56. The number of ether oxygens (including phenoxy) is 1. The fourth-order valence-corrected chi connectivity index (χ4v) is 2.46. The van der Waals surface area contributed by atoms with Gasteiger partial charge in [-0.3, -0.25) is 0 Å². The molecule has 0 atom stereocenters. The van der Waals surface area contributed by atoms with Crippen molar-refractivity contribution < 1.29 is 4.74 Å². The summed E-state index contributed by atoms with van der Waals surface area (Å²) in [4.78, 5) is 0. The highest BCUT2D eigenvalue weighted by molar-refractivity contribution is 14.1. The summed E-state index contributed by atoms with van der Waals surface area (Å²) in [6.45, 7) is 0. The summed E-state index contributed by atoms with van der Waals surface area (Å²) in [5.41, 5.74) is 8.11. The van der Waals surface area contributed by atoms with Crippen molar-refractivity contribution in [3.63, 3.8) is 0 Å². The third-order valence-corrected chi connectivity index (χ3v) is 3.36. The summed E-state index contributed by atoms with van der Waals surface area (Å²) >= 11 is 8.38. The first-order chi connectivity index (χ1) is 8.58. The molecule has 0 spiro atoms. The molecule has 94 valence electrons. The molecule has 2 rings (SSSR count). The highest BCUT2D eigenvalue weighted by Gasteiger charge is 2.03. The Morgan fingerprint density at radius 2 is 2.00 bits per heavy atom. The van der Waals surface area contributed by atoms with Gasteiger partial charge in [-0.15, -0.1) is 0 Å². The van der Waals surface area contributed by atoms with Crippen molar-refractivity contribution in [1.82, 2.24) is 0 Å². The Kier molecular flexibility index (Phi) is 4.19. The van der Waals surface area contributed by atoms with Gasteiger partial charge in [-0.1, -0.05) is 11.6 Å². The lowest BCUT2D eigenvalue weighted by Crippen LogP contribution is -1.95. The molecule has 3 N–H and O–H groups in total. The van der Waals surface area contributed by atoms with E-state index in [1.807, 2.05) is 30.3 Å². The maximum Gasteiger partial charge on any atom is 0.122 e. The lowest BCUT2D eigenvalue weighted by atomic mass is 10.2. The second-order valence-corrected chi connectivity index (χ2v) is 5.40. The number of methoxy groups -OCH3 is 1. The molecule has 0 bridgehead atoms. The lowest BCUT2D eigenvalue weighted by molar-refractivity contribution is 0.415. The van der Waals surface area contributed by atoms with Gasteiger partial charge in [0, 0.05) is 27.1 Å². The molecule has 0 aliphatic rings. The van der Waals surface area contributed by atoms with Gasteiger partial charge < -0.3 is 15.8 Å². The maximum absolute atomic E-state index is 6.16. The number of hydrogen-bond donors (Lipinski definition) is 2. The average Bonchev–Trinajstić information content (AvgIpc) is 2.32. The highest BCUT2D eigenvalue weighted by Crippen LogP contribution is 2.29. The van der Waals surface area contributed by atoms with Gasteiger partial charge >= 0.3 is 0 Å². The number of rotatable bonds is 3. The normalized spacial score (nSPS) is 10.2. The summed E-state index contributed by atoms with van der Waals surface area (Å²) in [7, 11) is 1.61. The fraction of sp³-hybridized carbons (Fsp3) is 0.0769. The van der Waals surface area contributed by atoms with E-state index >= 15 is 0 Å². The van der Waals surface area contributed by atoms with E-state index in [1.165, 1.54) is 0 Å². The van der Waals surface area contributed by atoms with Crippen LogP contribution in [-0.2, 0) is 0 Å². The number of benzene rings is 2. The van der Waals surface area contributed by atoms with Gasteiger partial charge in [0.2, 0.25) is 0 Å². The molecule has 0 aromatic heterocycles. The SMILES string of the molecule is COc1cc(N)cc(Nc2ccc(I)cc2Cl)c1. The van der Waals surface area contributed by atoms with Crippen molar-refractivity contribution >= 4 is 51.3 Å². The Bertz CT molecular complexity index is 575. The van der Waals surface area contributed by atoms with E-state index in [0.29, 0.717) is 16.5 Å². The molecule has 18 heavy (non-hydrogen) atoms. The number of anilines is 3. The van der Waals surface area contributed by atoms with Gasteiger partial charge in [0.1, 0.15) is 5.75 Å². The second-order valence-electron chi connectivity index (χ2n) is 3.74. The van der Waals surface area contributed by atoms with Crippen molar-refractivity contribution in [3.8, 4) is 5.75 Å². The standard InChI is InChI=1S/C13H12ClIN2O/c1-18-11-6-9(16)5-10(7-11)17-13-3-2-8(15)4-12(13)14/h2-7,17H,16H2,1H3. The van der Waals surface area contributed by atoms with Crippen LogP contribution in [0.25, 0.3) is 0 Å². The summed E-state index contributed by atoms with van der Waals surface area (Å²) in [5, 5.41) is 3.89. The van der Waals surface area contributed by atoms with Gasteiger partial charge in [-0.25, -0.2) is 0 Å². The van der Waals surface area contributed by atoms with Gasteiger partial charge in [-0.05, 0) is 46.9 Å². The molecule has 0 radical (unpaired) electrons. The number of halogens is 2. The second kappa shape index (κ2) is 5.67. The topological polar surface area (TPSA) is 47.3 Å². The lowest BCUT2D eigenvalue weighted by Gasteiger charge is -2.11. The number of nitrogens with two attached hydrogens (primary N) is 1. The van der Waals surface area contributed by atoms with Gasteiger partial charge in [0.25, 0.3) is 0 Å². The third kappa shape index (κ3) is 3.20. The third-order valence-electron chi connectivity index (χ3n) is 2.37. The molecule has 0 saturated carbocycles. The van der Waals surface area contributed by atoms with Crippen molar-refractivity contribution in [2.24, 2.45) is 0 Å². The first kappa shape index (κ1) is 13.3. The van der Waals surface area contributed by atoms with Crippen LogP contribution in [0.5, 0.6) is 5.75 Å². The minimum Gasteiger partial charge on any atom is -0.497 e. The molecule has 0 aliphatic carbocycles. The molecule has 0 fully saturated rings. The highest BCUT2D eigenvalue weighted by atomic mass is 127. The van der Waals surface area contributed by atoms with Crippen LogP contribution in [0.3, 0.4) is 0 Å². The van der Waals surface area contributed by atoms with Crippen LogP contribution in [0, 0.1) is 3.57 Å². The van der Waals surface area contributed by atoms with E-state index in [1.54, 1.807) is 13.2 Å². The van der Waals surface area contributed by atoms with E-state index in [0.717, 1.165) is 14.9 Å². The van der Waals surface area contributed by atoms with Crippen molar-refractivity contribution in [1.29, 1.82) is 0 Å². The first-order valence-corrected chi connectivity index (χ1v) is 6.71. The van der Waals surface area contributed by atoms with E-state index in [4.69, 9.17) is 22.1 Å². The monoisotopic (exact) mass is 374 g/mol. The molecule has 5 heteroatoms. The van der Waals surface area contributed by atoms with Crippen LogP contribution in [0.4, 0.5) is 17.1 Å². The Morgan fingerprint density at radius 1 is 1.22 bits per heavy atom. The van der Waals surface area contributed by atoms with Crippen molar-refractivity contribution in [2.75, 3.05) is 18.2 Å². The minimum absolute atomic E-state index is 0.637. The van der Waals surface area contributed by atoms with E-state index in [2.05, 4.69) is 27.9 Å². The molecular weight excluding hydrogens is 363 g/mol. The van der Waals surface area contributed by atoms with Crippen molar-refractivity contribution in [3.05, 3.63) is 45.0 Å². The molecule has 0 amide bonds. The number of nitrogen functional groups attached to an aromatic ring is 1. The maximum atomic E-state index is 6.16. The van der Waals surface area contributed by atoms with Gasteiger partial charge in [0.05, 0.1) is 17.8 Å². The van der Waals surface area contributed by atoms with Gasteiger partial charge in [-0.2, -0.15) is 0 Å².